The molecule has 2 aliphatic rings. The van der Waals surface area contributed by atoms with E-state index in [2.05, 4.69) is 26.4 Å². The van der Waals surface area contributed by atoms with Crippen LogP contribution in [0.4, 0.5) is 13.2 Å². The Labute approximate surface area is 235 Å². The minimum atomic E-state index is -4.79. The molecule has 5 bridgehead atoms. The maximum absolute atomic E-state index is 14.2. The van der Waals surface area contributed by atoms with Crippen molar-refractivity contribution in [3.8, 4) is 0 Å². The number of rotatable bonds is 1. The average Bonchev–Trinajstić information content (AvgIpc) is 2.92. The van der Waals surface area contributed by atoms with Crippen molar-refractivity contribution in [2.75, 3.05) is 6.54 Å². The van der Waals surface area contributed by atoms with Gasteiger partial charge in [-0.15, -0.1) is 0 Å². The van der Waals surface area contributed by atoms with Gasteiger partial charge >= 0.3 is 6.18 Å². The van der Waals surface area contributed by atoms with Gasteiger partial charge in [0, 0.05) is 24.5 Å². The lowest BCUT2D eigenvalue weighted by Gasteiger charge is -2.36. The summed E-state index contributed by atoms with van der Waals surface area (Å²) in [6.45, 7) is 5.17. The Morgan fingerprint density at radius 1 is 1.00 bits per heavy atom. The number of benzene rings is 1. The number of nitrogens with one attached hydrogen (secondary N) is 4. The fourth-order valence-corrected chi connectivity index (χ4v) is 4.83. The molecule has 0 saturated carbocycles. The Kier molecular flexibility index (Phi) is 8.95. The van der Waals surface area contributed by atoms with E-state index in [1.165, 1.54) is 37.4 Å². The molecule has 0 aliphatic carbocycles. The van der Waals surface area contributed by atoms with E-state index in [0.717, 1.165) is 5.01 Å². The summed E-state index contributed by atoms with van der Waals surface area (Å²) in [7, 11) is 0. The Hall–Kier alpha value is -4.00. The van der Waals surface area contributed by atoms with Gasteiger partial charge in [-0.3, -0.25) is 29.2 Å². The van der Waals surface area contributed by atoms with Crippen LogP contribution in [-0.2, 0) is 19.2 Å². The number of carbonyl (C=O) groups is 4. The third kappa shape index (κ3) is 7.20. The number of alkyl halides is 3. The molecule has 1 aromatic heterocycles. The molecule has 3 heterocycles. The Bertz CT molecular complexity index is 1360. The van der Waals surface area contributed by atoms with Gasteiger partial charge in [0.1, 0.15) is 18.1 Å². The topological polar surface area (TPSA) is 133 Å². The quantitative estimate of drug-likeness (QED) is 0.414. The van der Waals surface area contributed by atoms with Crippen molar-refractivity contribution in [3.05, 3.63) is 47.8 Å². The van der Waals surface area contributed by atoms with E-state index in [9.17, 15) is 32.3 Å². The minimum Gasteiger partial charge on any atom is -0.344 e. The Morgan fingerprint density at radius 3 is 2.46 bits per heavy atom. The first-order valence-corrected chi connectivity index (χ1v) is 13.4. The molecule has 4 N–H and O–H groups in total. The van der Waals surface area contributed by atoms with Gasteiger partial charge in [-0.1, -0.05) is 32.1 Å². The summed E-state index contributed by atoms with van der Waals surface area (Å²) in [5.74, 6) is -2.75. The fourth-order valence-electron chi connectivity index (χ4n) is 4.83. The predicted molar refractivity (Wildman–Crippen MR) is 145 cm³/mol. The summed E-state index contributed by atoms with van der Waals surface area (Å²) in [5.41, 5.74) is 2.97. The number of hydrogen-bond acceptors (Lipinski definition) is 6. The van der Waals surface area contributed by atoms with Crippen LogP contribution >= 0.6 is 0 Å². The van der Waals surface area contributed by atoms with Gasteiger partial charge in [0.25, 0.3) is 5.91 Å². The number of pyridine rings is 1. The van der Waals surface area contributed by atoms with E-state index < -0.39 is 54.0 Å². The molecule has 4 atom stereocenters. The van der Waals surface area contributed by atoms with Gasteiger partial charge in [0.15, 0.2) is 6.04 Å². The molecule has 0 spiro atoms. The van der Waals surface area contributed by atoms with Crippen molar-refractivity contribution >= 4 is 40.5 Å². The molecule has 1 fully saturated rings. The van der Waals surface area contributed by atoms with Crippen LogP contribution in [0.3, 0.4) is 0 Å². The third-order valence-corrected chi connectivity index (χ3v) is 7.07. The standard InChI is InChI=1S/C28H33F3N6O4/c1-15(2)23-26(40)33-16(3)27(41)37-11-5-7-21(36-37)25(39)35-24(28(29,30)31)17-9-10-18-14-32-20(13-19(18)12-17)6-4-8-22(38)34-23/h4,6,9-10,12-16,21,23-24,36H,5,7-8,11H2,1-3H3,(H,33,40)(H,34,38)(H,35,39). The Balaban J connectivity index is 1.71. The van der Waals surface area contributed by atoms with Crippen LogP contribution in [0.2, 0.25) is 0 Å². The highest BCUT2D eigenvalue weighted by Gasteiger charge is 2.43. The number of nitrogens with zero attached hydrogens (tertiary/aromatic N) is 2. The normalized spacial score (nSPS) is 25.2. The monoisotopic (exact) mass is 574 g/mol. The highest BCUT2D eigenvalue weighted by molar-refractivity contribution is 5.93. The van der Waals surface area contributed by atoms with E-state index in [4.69, 9.17) is 0 Å². The number of amides is 4. The average molecular weight is 575 g/mol. The number of fused-ring (bicyclic) bond motifs is 4. The zero-order valence-electron chi connectivity index (χ0n) is 22.9. The number of hydrazine groups is 1. The van der Waals surface area contributed by atoms with E-state index >= 15 is 0 Å². The van der Waals surface area contributed by atoms with Crippen LogP contribution in [0.15, 0.2) is 36.5 Å². The smallest absolute Gasteiger partial charge is 0.344 e. The van der Waals surface area contributed by atoms with Crippen molar-refractivity contribution in [1.29, 1.82) is 0 Å². The third-order valence-electron chi connectivity index (χ3n) is 7.07. The molecule has 2 aliphatic heterocycles. The largest absolute Gasteiger partial charge is 0.412 e. The van der Waals surface area contributed by atoms with Gasteiger partial charge in [-0.25, -0.2) is 5.43 Å². The molecule has 2 aromatic rings. The summed E-state index contributed by atoms with van der Waals surface area (Å²) < 4.78 is 42.5. The second-order valence-corrected chi connectivity index (χ2v) is 10.6. The number of halogens is 3. The molecular formula is C28H33F3N6O4. The Morgan fingerprint density at radius 2 is 1.76 bits per heavy atom. The van der Waals surface area contributed by atoms with Gasteiger partial charge in [0.05, 0.1) is 5.69 Å². The lowest BCUT2D eigenvalue weighted by molar-refractivity contribution is -0.165. The molecule has 0 radical (unpaired) electrons. The SMILES string of the molecule is CC1NC(=O)C(C(C)C)NC(=O)CC=Cc2cc3cc(ccc3cn2)C(C(F)(F)F)NC(=O)C2CCCN(N2)C1=O. The zero-order chi connectivity index (χ0) is 29.9. The molecule has 4 rings (SSSR count). The van der Waals surface area contributed by atoms with Crippen LogP contribution in [0.5, 0.6) is 0 Å². The van der Waals surface area contributed by atoms with Gasteiger partial charge in [-0.05, 0) is 54.8 Å². The first-order chi connectivity index (χ1) is 19.3. The number of hydrogen-bond donors (Lipinski definition) is 4. The zero-order valence-corrected chi connectivity index (χ0v) is 22.9. The van der Waals surface area contributed by atoms with Crippen molar-refractivity contribution in [3.63, 3.8) is 0 Å². The fraction of sp³-hybridized carbons (Fsp3) is 0.464. The number of aromatic nitrogens is 1. The summed E-state index contributed by atoms with van der Waals surface area (Å²) in [5, 5.41) is 9.60. The molecule has 41 heavy (non-hydrogen) atoms. The van der Waals surface area contributed by atoms with Crippen molar-refractivity contribution < 1.29 is 32.3 Å². The maximum Gasteiger partial charge on any atom is 0.412 e. The molecule has 220 valence electrons. The van der Waals surface area contributed by atoms with Crippen LogP contribution in [0.1, 0.15) is 57.3 Å². The summed E-state index contributed by atoms with van der Waals surface area (Å²) in [6, 6.07) is 0.386. The van der Waals surface area contributed by atoms with E-state index in [0.29, 0.717) is 22.9 Å². The molecule has 4 amide bonds. The molecule has 13 heteroatoms. The van der Waals surface area contributed by atoms with Crippen LogP contribution < -0.4 is 21.4 Å². The lowest BCUT2D eigenvalue weighted by atomic mass is 10.0. The van der Waals surface area contributed by atoms with Crippen molar-refractivity contribution in [2.24, 2.45) is 5.92 Å². The molecular weight excluding hydrogens is 541 g/mol. The second kappa shape index (κ2) is 12.2. The van der Waals surface area contributed by atoms with Gasteiger partial charge in [0.2, 0.25) is 17.7 Å². The van der Waals surface area contributed by atoms with Crippen molar-refractivity contribution in [2.45, 2.75) is 70.4 Å². The first kappa shape index (κ1) is 30.0. The lowest BCUT2D eigenvalue weighted by Crippen LogP contribution is -2.62. The predicted octanol–water partition coefficient (Wildman–Crippen LogP) is 2.51. The van der Waals surface area contributed by atoms with Crippen LogP contribution in [0.25, 0.3) is 16.8 Å². The molecule has 4 unspecified atom stereocenters. The summed E-state index contributed by atoms with van der Waals surface area (Å²) in [6.07, 6.45) is 0.300. The summed E-state index contributed by atoms with van der Waals surface area (Å²) >= 11 is 0. The van der Waals surface area contributed by atoms with E-state index in [-0.39, 0.29) is 30.9 Å². The highest BCUT2D eigenvalue weighted by atomic mass is 19.4. The van der Waals surface area contributed by atoms with Crippen LogP contribution in [-0.4, -0.2) is 64.5 Å². The molecule has 1 saturated heterocycles. The second-order valence-electron chi connectivity index (χ2n) is 10.6. The molecule has 1 aromatic carbocycles. The summed E-state index contributed by atoms with van der Waals surface area (Å²) in [4.78, 5) is 56.0. The van der Waals surface area contributed by atoms with Crippen LogP contribution in [0, 0.1) is 5.92 Å². The number of carbonyl (C=O) groups excluding carboxylic acids is 4. The maximum atomic E-state index is 14.2. The first-order valence-electron chi connectivity index (χ1n) is 13.4. The van der Waals surface area contributed by atoms with Gasteiger partial charge in [-0.2, -0.15) is 13.2 Å². The van der Waals surface area contributed by atoms with Gasteiger partial charge < -0.3 is 16.0 Å². The van der Waals surface area contributed by atoms with E-state index in [1.54, 1.807) is 26.0 Å². The van der Waals surface area contributed by atoms with Crippen molar-refractivity contribution in [1.82, 2.24) is 31.4 Å². The van der Waals surface area contributed by atoms with E-state index in [1.807, 2.05) is 0 Å². The highest BCUT2D eigenvalue weighted by Crippen LogP contribution is 2.34. The molecule has 10 nitrogen and oxygen atoms in total. The minimum absolute atomic E-state index is 0.0774.